The molecule has 0 saturated carbocycles. The lowest BCUT2D eigenvalue weighted by atomic mass is 9.95. The van der Waals surface area contributed by atoms with Crippen LogP contribution in [0.3, 0.4) is 0 Å². The smallest absolute Gasteiger partial charge is 0.338 e. The van der Waals surface area contributed by atoms with E-state index in [9.17, 15) is 9.59 Å². The lowest BCUT2D eigenvalue weighted by Gasteiger charge is -2.26. The van der Waals surface area contributed by atoms with Crippen molar-refractivity contribution in [1.82, 2.24) is 4.57 Å². The fourth-order valence-corrected chi connectivity index (χ4v) is 6.36. The van der Waals surface area contributed by atoms with Crippen LogP contribution in [0.4, 0.5) is 0 Å². The fraction of sp³-hybridized carbons (Fsp3) is 0.345. The van der Waals surface area contributed by atoms with Gasteiger partial charge in [-0.05, 0) is 76.6 Å². The molecule has 0 radical (unpaired) electrons. The Bertz CT molecular complexity index is 1660. The number of aromatic nitrogens is 1. The number of esters is 1. The Morgan fingerprint density at radius 1 is 1.12 bits per heavy atom. The quantitative estimate of drug-likeness (QED) is 0.275. The highest BCUT2D eigenvalue weighted by Crippen LogP contribution is 2.41. The summed E-state index contributed by atoms with van der Waals surface area (Å²) in [6.07, 6.45) is 1.75. The normalized spacial score (nSPS) is 15.1. The molecular formula is C29H30Br2N2O6S. The number of rotatable bonds is 9. The van der Waals surface area contributed by atoms with Crippen molar-refractivity contribution in [3.8, 4) is 17.2 Å². The van der Waals surface area contributed by atoms with Gasteiger partial charge in [0, 0.05) is 14.5 Å². The molecular weight excluding hydrogens is 664 g/mol. The van der Waals surface area contributed by atoms with Gasteiger partial charge in [-0.1, -0.05) is 43.2 Å². The molecule has 1 aliphatic heterocycles. The molecule has 0 spiro atoms. The number of hydrogen-bond donors (Lipinski definition) is 0. The molecule has 3 aromatic rings. The van der Waals surface area contributed by atoms with Gasteiger partial charge in [-0.2, -0.15) is 0 Å². The molecule has 11 heteroatoms. The first-order valence-corrected chi connectivity index (χ1v) is 15.2. The van der Waals surface area contributed by atoms with Crippen LogP contribution in [0.5, 0.6) is 17.2 Å². The number of ether oxygens (including phenoxy) is 4. The highest BCUT2D eigenvalue weighted by Gasteiger charge is 2.35. The third kappa shape index (κ3) is 6.06. The first-order chi connectivity index (χ1) is 19.1. The third-order valence-electron chi connectivity index (χ3n) is 6.02. The number of carbonyl (C=O) groups is 1. The van der Waals surface area contributed by atoms with Crippen LogP contribution in [0.15, 0.2) is 60.3 Å². The molecule has 1 aliphatic rings. The van der Waals surface area contributed by atoms with Crippen molar-refractivity contribution >= 4 is 55.2 Å². The minimum Gasteiger partial charge on any atom is -0.493 e. The molecule has 0 amide bonds. The topological polar surface area (TPSA) is 88.4 Å². The van der Waals surface area contributed by atoms with Gasteiger partial charge >= 0.3 is 5.97 Å². The van der Waals surface area contributed by atoms with Gasteiger partial charge in [-0.15, -0.1) is 0 Å². The van der Waals surface area contributed by atoms with Crippen LogP contribution in [-0.4, -0.2) is 37.0 Å². The van der Waals surface area contributed by atoms with E-state index < -0.39 is 12.0 Å². The summed E-state index contributed by atoms with van der Waals surface area (Å²) >= 11 is 8.41. The van der Waals surface area contributed by atoms with Crippen molar-refractivity contribution in [2.75, 3.05) is 20.3 Å². The number of methoxy groups -OCH3 is 1. The molecule has 2 aromatic carbocycles. The molecule has 0 saturated heterocycles. The van der Waals surface area contributed by atoms with Crippen LogP contribution in [0, 0.1) is 0 Å². The summed E-state index contributed by atoms with van der Waals surface area (Å²) in [5.41, 5.74) is 1.84. The van der Waals surface area contributed by atoms with Crippen molar-refractivity contribution in [1.29, 1.82) is 0 Å². The number of thiazole rings is 1. The van der Waals surface area contributed by atoms with Gasteiger partial charge in [0.25, 0.3) is 5.56 Å². The fourth-order valence-electron chi connectivity index (χ4n) is 4.41. The first kappa shape index (κ1) is 30.1. The summed E-state index contributed by atoms with van der Waals surface area (Å²) in [4.78, 5) is 32.5. The van der Waals surface area contributed by atoms with Crippen LogP contribution in [0.2, 0.25) is 0 Å². The van der Waals surface area contributed by atoms with Crippen LogP contribution < -0.4 is 29.1 Å². The van der Waals surface area contributed by atoms with E-state index in [4.69, 9.17) is 18.9 Å². The maximum atomic E-state index is 14.1. The van der Waals surface area contributed by atoms with E-state index in [1.165, 1.54) is 15.9 Å². The second kappa shape index (κ2) is 12.7. The highest BCUT2D eigenvalue weighted by molar-refractivity contribution is 9.10. The largest absolute Gasteiger partial charge is 0.493 e. The van der Waals surface area contributed by atoms with Gasteiger partial charge in [0.1, 0.15) is 5.75 Å². The molecule has 0 fully saturated rings. The number of carbonyl (C=O) groups excluding carboxylic acids is 1. The van der Waals surface area contributed by atoms with Crippen molar-refractivity contribution < 1.29 is 23.7 Å². The Morgan fingerprint density at radius 2 is 1.88 bits per heavy atom. The third-order valence-corrected chi connectivity index (χ3v) is 8.18. The summed E-state index contributed by atoms with van der Waals surface area (Å²) in [5.74, 6) is 1.13. The molecule has 0 bridgehead atoms. The van der Waals surface area contributed by atoms with Crippen LogP contribution in [0.25, 0.3) is 6.08 Å². The first-order valence-electron chi connectivity index (χ1n) is 12.8. The molecule has 0 N–H and O–H groups in total. The second-order valence-electron chi connectivity index (χ2n) is 9.11. The van der Waals surface area contributed by atoms with Gasteiger partial charge in [-0.3, -0.25) is 9.36 Å². The number of benzene rings is 2. The van der Waals surface area contributed by atoms with E-state index in [2.05, 4.69) is 36.9 Å². The SMILES string of the molecule is CCOC(=O)C1=C(C)N=c2s/c(=C\c3cc(Br)ccc3OC(C)C)c(=O)n2[C@H]1c1cc(OC)c(OCC)cc1Br. The second-order valence-corrected chi connectivity index (χ2v) is 11.9. The van der Waals surface area contributed by atoms with Gasteiger partial charge in [-0.25, -0.2) is 9.79 Å². The lowest BCUT2D eigenvalue weighted by molar-refractivity contribution is -0.139. The van der Waals surface area contributed by atoms with Crippen molar-refractivity contribution in [2.24, 2.45) is 4.99 Å². The number of allylic oxidation sites excluding steroid dienone is 1. The Hall–Kier alpha value is -2.89. The molecule has 0 aliphatic carbocycles. The molecule has 0 unspecified atom stereocenters. The van der Waals surface area contributed by atoms with E-state index in [-0.39, 0.29) is 23.8 Å². The molecule has 1 atom stereocenters. The number of fused-ring (bicyclic) bond motifs is 1. The molecule has 8 nitrogen and oxygen atoms in total. The van der Waals surface area contributed by atoms with Crippen LogP contribution in [-0.2, 0) is 9.53 Å². The predicted molar refractivity (Wildman–Crippen MR) is 162 cm³/mol. The van der Waals surface area contributed by atoms with E-state index in [1.807, 2.05) is 39.0 Å². The van der Waals surface area contributed by atoms with Gasteiger partial charge in [0.15, 0.2) is 16.3 Å². The number of hydrogen-bond acceptors (Lipinski definition) is 8. The summed E-state index contributed by atoms with van der Waals surface area (Å²) < 4.78 is 26.2. The zero-order valence-electron chi connectivity index (χ0n) is 23.0. The predicted octanol–water partition coefficient (Wildman–Crippen LogP) is 5.52. The molecule has 2 heterocycles. The van der Waals surface area contributed by atoms with Gasteiger partial charge in [0.2, 0.25) is 0 Å². The van der Waals surface area contributed by atoms with E-state index >= 15 is 0 Å². The lowest BCUT2D eigenvalue weighted by Crippen LogP contribution is -2.40. The van der Waals surface area contributed by atoms with Gasteiger partial charge in [0.05, 0.1) is 48.3 Å². The zero-order chi connectivity index (χ0) is 29.1. The Balaban J connectivity index is 2.00. The Morgan fingerprint density at radius 3 is 2.52 bits per heavy atom. The average Bonchev–Trinajstić information content (AvgIpc) is 3.19. The highest BCUT2D eigenvalue weighted by atomic mass is 79.9. The minimum atomic E-state index is -0.815. The summed E-state index contributed by atoms with van der Waals surface area (Å²) in [5, 5.41) is 0. The zero-order valence-corrected chi connectivity index (χ0v) is 27.0. The van der Waals surface area contributed by atoms with Crippen LogP contribution in [0.1, 0.15) is 51.8 Å². The standard InChI is InChI=1S/C29H30Br2N2O6S/c1-7-37-23-14-20(31)19(13-22(23)36-6)26-25(28(35)38-8-2)16(5)32-29-33(26)27(34)24(40-29)12-17-11-18(30)9-10-21(17)39-15(3)4/h9-15,26H,7-8H2,1-6H3/b24-12-/t26-/m0/s1. The van der Waals surface area contributed by atoms with Gasteiger partial charge < -0.3 is 18.9 Å². The molecule has 212 valence electrons. The van der Waals surface area contributed by atoms with Crippen molar-refractivity contribution in [3.05, 3.63) is 81.4 Å². The maximum absolute atomic E-state index is 14.1. The molecule has 1 aromatic heterocycles. The number of nitrogens with zero attached hydrogens (tertiary/aromatic N) is 2. The Kier molecular flexibility index (Phi) is 9.58. The van der Waals surface area contributed by atoms with E-state index in [0.29, 0.717) is 48.9 Å². The molecule has 40 heavy (non-hydrogen) atoms. The summed E-state index contributed by atoms with van der Waals surface area (Å²) in [6.45, 7) is 9.89. The van der Waals surface area contributed by atoms with Crippen molar-refractivity contribution in [3.63, 3.8) is 0 Å². The minimum absolute atomic E-state index is 0.0451. The maximum Gasteiger partial charge on any atom is 0.338 e. The van der Waals surface area contributed by atoms with Crippen LogP contribution >= 0.6 is 43.2 Å². The Labute approximate surface area is 253 Å². The average molecular weight is 694 g/mol. The summed E-state index contributed by atoms with van der Waals surface area (Å²) in [7, 11) is 1.54. The van der Waals surface area contributed by atoms with E-state index in [0.717, 1.165) is 10.0 Å². The summed E-state index contributed by atoms with van der Waals surface area (Å²) in [6, 6.07) is 8.40. The van der Waals surface area contributed by atoms with Crippen molar-refractivity contribution in [2.45, 2.75) is 46.8 Å². The monoisotopic (exact) mass is 692 g/mol. The molecule has 4 rings (SSSR count). The number of halogens is 2. The van der Waals surface area contributed by atoms with E-state index in [1.54, 1.807) is 39.2 Å².